The Kier molecular flexibility index (Phi) is 5.80. The van der Waals surface area contributed by atoms with Crippen molar-refractivity contribution in [1.29, 1.82) is 0 Å². The Balaban J connectivity index is 1.68. The van der Waals surface area contributed by atoms with Gasteiger partial charge in [0.2, 0.25) is 0 Å². The van der Waals surface area contributed by atoms with E-state index in [0.717, 1.165) is 4.88 Å². The zero-order valence-electron chi connectivity index (χ0n) is 14.9. The lowest BCUT2D eigenvalue weighted by atomic mass is 10.2. The number of anilines is 1. The number of thiophene rings is 1. The molecule has 0 saturated carbocycles. The monoisotopic (exact) mass is 399 g/mol. The van der Waals surface area contributed by atoms with E-state index in [9.17, 15) is 19.7 Å². The molecule has 0 saturated heterocycles. The molecule has 0 radical (unpaired) electrons. The van der Waals surface area contributed by atoms with E-state index in [1.807, 2.05) is 17.5 Å². The Labute approximate surface area is 164 Å². The number of aryl methyl sites for hydroxylation is 1. The number of rotatable bonds is 6. The van der Waals surface area contributed by atoms with Crippen molar-refractivity contribution in [2.45, 2.75) is 13.0 Å². The van der Waals surface area contributed by atoms with Crippen molar-refractivity contribution in [3.05, 3.63) is 74.7 Å². The van der Waals surface area contributed by atoms with Crippen molar-refractivity contribution in [2.75, 3.05) is 11.9 Å². The fourth-order valence-electron chi connectivity index (χ4n) is 2.62. The zero-order valence-corrected chi connectivity index (χ0v) is 15.7. The van der Waals surface area contributed by atoms with Crippen LogP contribution in [0.5, 0.6) is 0 Å². The fraction of sp³-hybridized carbons (Fsp3) is 0.167. The number of aromatic nitrogens is 2. The van der Waals surface area contributed by atoms with E-state index in [0.29, 0.717) is 5.56 Å². The normalized spacial score (nSPS) is 11.6. The number of nitro benzene ring substituents is 1. The topological polar surface area (TPSA) is 119 Å². The van der Waals surface area contributed by atoms with Gasteiger partial charge in [-0.2, -0.15) is 5.10 Å². The molecule has 1 atom stereocenters. The largest absolute Gasteiger partial charge is 0.345 e. The molecule has 144 valence electrons. The maximum absolute atomic E-state index is 12.2. The van der Waals surface area contributed by atoms with Crippen molar-refractivity contribution in [1.82, 2.24) is 15.1 Å². The minimum absolute atomic E-state index is 0.0300. The summed E-state index contributed by atoms with van der Waals surface area (Å²) in [6, 6.07) is 9.66. The maximum atomic E-state index is 12.2. The highest BCUT2D eigenvalue weighted by atomic mass is 32.1. The molecule has 0 aliphatic rings. The van der Waals surface area contributed by atoms with Gasteiger partial charge in [-0.15, -0.1) is 11.3 Å². The summed E-state index contributed by atoms with van der Waals surface area (Å²) in [4.78, 5) is 35.9. The lowest BCUT2D eigenvalue weighted by Crippen LogP contribution is -2.38. The van der Waals surface area contributed by atoms with Crippen LogP contribution in [-0.4, -0.2) is 33.1 Å². The minimum Gasteiger partial charge on any atom is -0.345 e. The fourth-order valence-corrected chi connectivity index (χ4v) is 3.44. The van der Waals surface area contributed by atoms with Crippen LogP contribution in [0.15, 0.2) is 54.2 Å². The molecule has 0 aliphatic carbocycles. The molecule has 2 amide bonds. The van der Waals surface area contributed by atoms with Gasteiger partial charge >= 0.3 is 11.8 Å². The first-order valence-electron chi connectivity index (χ1n) is 8.32. The number of amides is 2. The Hall–Kier alpha value is -3.53. The number of hydrogen-bond acceptors (Lipinski definition) is 6. The van der Waals surface area contributed by atoms with E-state index in [4.69, 9.17) is 0 Å². The third-order valence-electron chi connectivity index (χ3n) is 3.98. The molecule has 0 fully saturated rings. The van der Waals surface area contributed by atoms with Gasteiger partial charge in [-0.05, 0) is 36.1 Å². The molecular formula is C18H17N5O4S. The van der Waals surface area contributed by atoms with Crippen LogP contribution >= 0.6 is 11.3 Å². The molecule has 1 aromatic carbocycles. The van der Waals surface area contributed by atoms with Crippen LogP contribution < -0.4 is 10.6 Å². The molecule has 9 nitrogen and oxygen atoms in total. The van der Waals surface area contributed by atoms with Gasteiger partial charge in [-0.3, -0.25) is 24.4 Å². The number of hydrogen-bond donors (Lipinski definition) is 2. The molecule has 3 aromatic rings. The van der Waals surface area contributed by atoms with Crippen molar-refractivity contribution >= 4 is 34.5 Å². The first-order valence-corrected chi connectivity index (χ1v) is 9.20. The summed E-state index contributed by atoms with van der Waals surface area (Å²) in [5.41, 5.74) is 0.374. The summed E-state index contributed by atoms with van der Waals surface area (Å²) in [5, 5.41) is 22.1. The second kappa shape index (κ2) is 8.44. The molecule has 2 N–H and O–H groups in total. The second-order valence-electron chi connectivity index (χ2n) is 5.96. The summed E-state index contributed by atoms with van der Waals surface area (Å²) >= 11 is 1.51. The van der Waals surface area contributed by atoms with E-state index in [-0.39, 0.29) is 24.0 Å². The number of nitro groups is 1. The SMILES string of the molecule is Cc1ccc(NC(=O)C(=O)NCC(c2cccs2)n2cccn2)c([N+](=O)[O-])c1. The van der Waals surface area contributed by atoms with E-state index >= 15 is 0 Å². The number of carbonyl (C=O) groups excluding carboxylic acids is 2. The molecule has 3 rings (SSSR count). The summed E-state index contributed by atoms with van der Waals surface area (Å²) < 4.78 is 1.69. The number of carbonyl (C=O) groups is 2. The first kappa shape index (κ1) is 19.2. The van der Waals surface area contributed by atoms with Crippen LogP contribution in [-0.2, 0) is 9.59 Å². The van der Waals surface area contributed by atoms with Crippen LogP contribution in [0.25, 0.3) is 0 Å². The zero-order chi connectivity index (χ0) is 20.1. The van der Waals surface area contributed by atoms with Crippen LogP contribution in [0.4, 0.5) is 11.4 Å². The average molecular weight is 399 g/mol. The van der Waals surface area contributed by atoms with Gasteiger partial charge in [-0.25, -0.2) is 0 Å². The Morgan fingerprint density at radius 3 is 2.75 bits per heavy atom. The van der Waals surface area contributed by atoms with Crippen molar-refractivity contribution in [2.24, 2.45) is 0 Å². The number of nitrogens with zero attached hydrogens (tertiary/aromatic N) is 3. The van der Waals surface area contributed by atoms with E-state index in [1.165, 1.54) is 23.5 Å². The second-order valence-corrected chi connectivity index (χ2v) is 6.94. The smallest absolute Gasteiger partial charge is 0.313 e. The number of nitrogens with one attached hydrogen (secondary N) is 2. The Bertz CT molecular complexity index is 951. The highest BCUT2D eigenvalue weighted by Gasteiger charge is 2.22. The van der Waals surface area contributed by atoms with Gasteiger partial charge in [0.15, 0.2) is 0 Å². The number of benzene rings is 1. The molecular weight excluding hydrogens is 382 g/mol. The van der Waals surface area contributed by atoms with Gasteiger partial charge in [0.25, 0.3) is 5.69 Å². The molecule has 2 aromatic heterocycles. The summed E-state index contributed by atoms with van der Waals surface area (Å²) in [5.74, 6) is -1.86. The van der Waals surface area contributed by atoms with Crippen molar-refractivity contribution in [3.8, 4) is 0 Å². The minimum atomic E-state index is -0.975. The van der Waals surface area contributed by atoms with E-state index in [2.05, 4.69) is 15.7 Å². The lowest BCUT2D eigenvalue weighted by molar-refractivity contribution is -0.384. The molecule has 0 aliphatic heterocycles. The first-order chi connectivity index (χ1) is 13.5. The highest BCUT2D eigenvalue weighted by Crippen LogP contribution is 2.25. The van der Waals surface area contributed by atoms with Gasteiger partial charge in [0, 0.05) is 29.9 Å². The summed E-state index contributed by atoms with van der Waals surface area (Å²) in [6.45, 7) is 1.84. The summed E-state index contributed by atoms with van der Waals surface area (Å²) in [7, 11) is 0. The summed E-state index contributed by atoms with van der Waals surface area (Å²) in [6.07, 6.45) is 3.40. The predicted molar refractivity (Wildman–Crippen MR) is 104 cm³/mol. The van der Waals surface area contributed by atoms with Gasteiger partial charge < -0.3 is 10.6 Å². The highest BCUT2D eigenvalue weighted by molar-refractivity contribution is 7.10. The van der Waals surface area contributed by atoms with E-state index < -0.39 is 16.7 Å². The molecule has 2 heterocycles. The molecule has 28 heavy (non-hydrogen) atoms. The molecule has 0 bridgehead atoms. The molecule has 1 unspecified atom stereocenters. The quantitative estimate of drug-likeness (QED) is 0.375. The van der Waals surface area contributed by atoms with Crippen LogP contribution in [0.1, 0.15) is 16.5 Å². The Morgan fingerprint density at radius 2 is 2.11 bits per heavy atom. The van der Waals surface area contributed by atoms with Crippen LogP contribution in [0.2, 0.25) is 0 Å². The molecule has 10 heteroatoms. The average Bonchev–Trinajstić information content (AvgIpc) is 3.37. The third-order valence-corrected chi connectivity index (χ3v) is 4.95. The van der Waals surface area contributed by atoms with Crippen molar-refractivity contribution in [3.63, 3.8) is 0 Å². The van der Waals surface area contributed by atoms with E-state index in [1.54, 1.807) is 36.1 Å². The lowest BCUT2D eigenvalue weighted by Gasteiger charge is -2.17. The predicted octanol–water partition coefficient (Wildman–Crippen LogP) is 2.51. The van der Waals surface area contributed by atoms with Gasteiger partial charge in [-0.1, -0.05) is 12.1 Å². The van der Waals surface area contributed by atoms with Crippen LogP contribution in [0.3, 0.4) is 0 Å². The Morgan fingerprint density at radius 1 is 1.29 bits per heavy atom. The van der Waals surface area contributed by atoms with Crippen LogP contribution in [0, 0.1) is 17.0 Å². The van der Waals surface area contributed by atoms with Crippen molar-refractivity contribution < 1.29 is 14.5 Å². The molecule has 0 spiro atoms. The standard InChI is InChI=1S/C18H17N5O4S/c1-12-5-6-13(14(10-12)23(26)27)21-18(25)17(24)19-11-15(16-4-2-9-28-16)22-8-3-7-20-22/h2-10,15H,11H2,1H3,(H,19,24)(H,21,25). The third kappa shape index (κ3) is 4.41. The van der Waals surface area contributed by atoms with Gasteiger partial charge in [0.1, 0.15) is 11.7 Å². The van der Waals surface area contributed by atoms with Gasteiger partial charge in [0.05, 0.1) is 4.92 Å². The maximum Gasteiger partial charge on any atom is 0.313 e.